The summed E-state index contributed by atoms with van der Waals surface area (Å²) in [5.41, 5.74) is 2.44. The topological polar surface area (TPSA) is 122 Å². The Morgan fingerprint density at radius 3 is 2.70 bits per heavy atom. The number of rotatable bonds is 8. The second-order valence-electron chi connectivity index (χ2n) is 4.57. The van der Waals surface area contributed by atoms with Gasteiger partial charge in [-0.25, -0.2) is 5.43 Å². The van der Waals surface area contributed by atoms with Crippen molar-refractivity contribution in [2.75, 3.05) is 20.3 Å². The van der Waals surface area contributed by atoms with E-state index < -0.39 is 11.8 Å². The number of methoxy groups -OCH3 is 1. The third-order valence-corrected chi connectivity index (χ3v) is 2.60. The van der Waals surface area contributed by atoms with Crippen LogP contribution in [0.2, 0.25) is 0 Å². The van der Waals surface area contributed by atoms with E-state index in [1.165, 1.54) is 13.4 Å². The Kier molecular flexibility index (Phi) is 8.08. The first-order valence-electron chi connectivity index (χ1n) is 6.92. The lowest BCUT2D eigenvalue weighted by atomic mass is 10.3. The maximum atomic E-state index is 11.7. The van der Waals surface area contributed by atoms with Gasteiger partial charge in [-0.3, -0.25) is 14.4 Å². The highest BCUT2D eigenvalue weighted by atomic mass is 16.5. The van der Waals surface area contributed by atoms with E-state index >= 15 is 0 Å². The quantitative estimate of drug-likeness (QED) is 0.258. The zero-order chi connectivity index (χ0) is 17.1. The van der Waals surface area contributed by atoms with E-state index in [-0.39, 0.29) is 25.4 Å². The van der Waals surface area contributed by atoms with Crippen LogP contribution in [0.4, 0.5) is 0 Å². The molecule has 3 amide bonds. The average Bonchev–Trinajstić information content (AvgIpc) is 3.04. The minimum absolute atomic E-state index is 0.00766. The van der Waals surface area contributed by atoms with Crippen LogP contribution in [-0.2, 0) is 25.7 Å². The van der Waals surface area contributed by atoms with E-state index in [2.05, 4.69) is 21.2 Å². The number of nitrogens with zero attached hydrogens (tertiary/aromatic N) is 1. The number of hydrogen-bond acceptors (Lipinski definition) is 6. The molecule has 0 atom stereocenters. The number of carbonyl (C=O) groups is 3. The molecule has 0 fully saturated rings. The number of nitrogens with one attached hydrogen (secondary N) is 3. The molecule has 1 rings (SSSR count). The third-order valence-electron chi connectivity index (χ3n) is 2.60. The molecule has 1 heterocycles. The summed E-state index contributed by atoms with van der Waals surface area (Å²) in [7, 11) is 1.48. The molecule has 9 nitrogen and oxygen atoms in total. The van der Waals surface area contributed by atoms with Gasteiger partial charge in [0.2, 0.25) is 5.91 Å². The molecule has 1 aromatic heterocycles. The van der Waals surface area contributed by atoms with Crippen LogP contribution in [0, 0.1) is 0 Å². The van der Waals surface area contributed by atoms with E-state index in [0.717, 1.165) is 0 Å². The van der Waals surface area contributed by atoms with Gasteiger partial charge in [-0.1, -0.05) is 0 Å². The summed E-state index contributed by atoms with van der Waals surface area (Å²) >= 11 is 0. The van der Waals surface area contributed by atoms with Crippen LogP contribution in [0.15, 0.2) is 27.9 Å². The van der Waals surface area contributed by atoms with Crippen molar-refractivity contribution in [1.29, 1.82) is 0 Å². The predicted octanol–water partition coefficient (Wildman–Crippen LogP) is -0.459. The Bertz CT molecular complexity index is 554. The molecule has 0 saturated carbocycles. The number of ether oxygens (including phenoxy) is 1. The van der Waals surface area contributed by atoms with Crippen LogP contribution in [0.1, 0.15) is 19.1 Å². The second kappa shape index (κ2) is 10.1. The van der Waals surface area contributed by atoms with Crippen molar-refractivity contribution in [2.45, 2.75) is 19.9 Å². The zero-order valence-electron chi connectivity index (χ0n) is 13.0. The van der Waals surface area contributed by atoms with Gasteiger partial charge < -0.3 is 19.8 Å². The molecule has 0 aliphatic carbocycles. The maximum absolute atomic E-state index is 11.7. The fourth-order valence-corrected chi connectivity index (χ4v) is 1.48. The standard InChI is InChI=1S/C14H20N4O5/c1-10(8-12(19)16-9-11-4-3-6-23-11)17-18-14(21)13(20)15-5-7-22-2/h3-4,6H,5,7-9H2,1-2H3,(H,15,20)(H,16,19)(H,18,21)/b17-10+. The molecule has 0 saturated heterocycles. The first-order chi connectivity index (χ1) is 11.0. The van der Waals surface area contributed by atoms with Crippen LogP contribution in [-0.4, -0.2) is 43.7 Å². The Labute approximate surface area is 133 Å². The van der Waals surface area contributed by atoms with E-state index in [1.807, 2.05) is 0 Å². The number of amides is 3. The number of carbonyl (C=O) groups excluding carboxylic acids is 3. The lowest BCUT2D eigenvalue weighted by molar-refractivity contribution is -0.139. The summed E-state index contributed by atoms with van der Waals surface area (Å²) in [6.07, 6.45) is 1.51. The molecule has 0 unspecified atom stereocenters. The molecular formula is C14H20N4O5. The molecule has 0 radical (unpaired) electrons. The zero-order valence-corrected chi connectivity index (χ0v) is 13.0. The highest BCUT2D eigenvalue weighted by Gasteiger charge is 2.12. The van der Waals surface area contributed by atoms with Crippen LogP contribution in [0.3, 0.4) is 0 Å². The molecule has 126 valence electrons. The van der Waals surface area contributed by atoms with Crippen molar-refractivity contribution in [3.63, 3.8) is 0 Å². The van der Waals surface area contributed by atoms with Crippen LogP contribution in [0.5, 0.6) is 0 Å². The molecule has 0 aliphatic rings. The van der Waals surface area contributed by atoms with Crippen molar-refractivity contribution in [3.8, 4) is 0 Å². The first-order valence-corrected chi connectivity index (χ1v) is 6.92. The molecule has 3 N–H and O–H groups in total. The van der Waals surface area contributed by atoms with Crippen molar-refractivity contribution >= 4 is 23.4 Å². The Hall–Kier alpha value is -2.68. The van der Waals surface area contributed by atoms with E-state index in [4.69, 9.17) is 9.15 Å². The van der Waals surface area contributed by atoms with Gasteiger partial charge >= 0.3 is 11.8 Å². The summed E-state index contributed by atoms with van der Waals surface area (Å²) < 4.78 is 9.82. The van der Waals surface area contributed by atoms with Crippen LogP contribution in [0.25, 0.3) is 0 Å². The third kappa shape index (κ3) is 7.77. The predicted molar refractivity (Wildman–Crippen MR) is 81.3 cm³/mol. The van der Waals surface area contributed by atoms with Gasteiger partial charge in [-0.15, -0.1) is 0 Å². The van der Waals surface area contributed by atoms with Crippen molar-refractivity contribution in [3.05, 3.63) is 24.2 Å². The summed E-state index contributed by atoms with van der Waals surface area (Å²) in [4.78, 5) is 34.4. The van der Waals surface area contributed by atoms with Gasteiger partial charge in [0.05, 0.1) is 25.8 Å². The van der Waals surface area contributed by atoms with E-state index in [9.17, 15) is 14.4 Å². The summed E-state index contributed by atoms with van der Waals surface area (Å²) in [5.74, 6) is -1.37. The smallest absolute Gasteiger partial charge is 0.329 e. The van der Waals surface area contributed by atoms with Crippen LogP contribution >= 0.6 is 0 Å². The molecule has 1 aromatic rings. The van der Waals surface area contributed by atoms with Crippen molar-refractivity contribution < 1.29 is 23.5 Å². The molecular weight excluding hydrogens is 304 g/mol. The largest absolute Gasteiger partial charge is 0.467 e. The Morgan fingerprint density at radius 2 is 2.04 bits per heavy atom. The maximum Gasteiger partial charge on any atom is 0.329 e. The first kappa shape index (κ1) is 18.4. The van der Waals surface area contributed by atoms with E-state index in [1.54, 1.807) is 19.1 Å². The molecule has 23 heavy (non-hydrogen) atoms. The highest BCUT2D eigenvalue weighted by Crippen LogP contribution is 1.98. The van der Waals surface area contributed by atoms with Gasteiger partial charge in [0.15, 0.2) is 0 Å². The monoisotopic (exact) mass is 324 g/mol. The van der Waals surface area contributed by atoms with Gasteiger partial charge in [-0.2, -0.15) is 5.10 Å². The normalized spacial score (nSPS) is 11.0. The van der Waals surface area contributed by atoms with Gasteiger partial charge in [0, 0.05) is 19.4 Å². The average molecular weight is 324 g/mol. The minimum Gasteiger partial charge on any atom is -0.467 e. The Balaban J connectivity index is 2.28. The summed E-state index contributed by atoms with van der Waals surface area (Å²) in [6, 6.07) is 3.46. The SMILES string of the molecule is COCCNC(=O)C(=O)N/N=C(\C)CC(=O)NCc1ccco1. The van der Waals surface area contributed by atoms with Crippen molar-refractivity contribution in [2.24, 2.45) is 5.10 Å². The van der Waals surface area contributed by atoms with Crippen LogP contribution < -0.4 is 16.1 Å². The van der Waals surface area contributed by atoms with E-state index in [0.29, 0.717) is 18.1 Å². The lowest BCUT2D eigenvalue weighted by Gasteiger charge is -2.05. The number of hydrazone groups is 1. The Morgan fingerprint density at radius 1 is 1.26 bits per heavy atom. The van der Waals surface area contributed by atoms with Crippen molar-refractivity contribution in [1.82, 2.24) is 16.1 Å². The molecule has 0 spiro atoms. The van der Waals surface area contributed by atoms with Gasteiger partial charge in [-0.05, 0) is 19.1 Å². The van der Waals surface area contributed by atoms with Gasteiger partial charge in [0.25, 0.3) is 0 Å². The molecule has 0 aliphatic heterocycles. The lowest BCUT2D eigenvalue weighted by Crippen LogP contribution is -2.39. The summed E-state index contributed by atoms with van der Waals surface area (Å²) in [6.45, 7) is 2.36. The fourth-order valence-electron chi connectivity index (χ4n) is 1.48. The highest BCUT2D eigenvalue weighted by molar-refractivity contribution is 6.35. The molecule has 9 heteroatoms. The fraction of sp³-hybridized carbons (Fsp3) is 0.429. The number of furan rings is 1. The van der Waals surface area contributed by atoms with Gasteiger partial charge in [0.1, 0.15) is 5.76 Å². The number of hydrogen-bond donors (Lipinski definition) is 3. The molecule has 0 aromatic carbocycles. The summed E-state index contributed by atoms with van der Waals surface area (Å²) in [5, 5.41) is 8.69. The minimum atomic E-state index is -0.906. The second-order valence-corrected chi connectivity index (χ2v) is 4.57. The molecule has 0 bridgehead atoms.